The van der Waals surface area contributed by atoms with Crippen LogP contribution >= 0.6 is 23.1 Å². The highest BCUT2D eigenvalue weighted by atomic mass is 32.2. The Labute approximate surface area is 130 Å². The third-order valence-electron chi connectivity index (χ3n) is 2.59. The summed E-state index contributed by atoms with van der Waals surface area (Å²) >= 11 is 2.81. The first-order valence-corrected chi connectivity index (χ1v) is 7.83. The Balaban J connectivity index is 1.95. The summed E-state index contributed by atoms with van der Waals surface area (Å²) in [6.07, 6.45) is 0. The maximum atomic E-state index is 12.1. The minimum Gasteiger partial charge on any atom is -0.366 e. The van der Waals surface area contributed by atoms with Crippen molar-refractivity contribution in [1.82, 2.24) is 10.2 Å². The number of anilines is 1. The van der Waals surface area contributed by atoms with Crippen LogP contribution in [0.4, 0.5) is 5.69 Å². The zero-order chi connectivity index (χ0) is 15.4. The van der Waals surface area contributed by atoms with Crippen LogP contribution in [0, 0.1) is 6.92 Å². The van der Waals surface area contributed by atoms with Crippen molar-refractivity contribution in [3.05, 3.63) is 34.8 Å². The van der Waals surface area contributed by atoms with Crippen molar-refractivity contribution in [3.8, 4) is 0 Å². The molecule has 0 aliphatic rings. The molecular weight excluding hydrogens is 308 g/mol. The molecule has 0 aliphatic heterocycles. The summed E-state index contributed by atoms with van der Waals surface area (Å²) in [4.78, 5) is 23.0. The van der Waals surface area contributed by atoms with E-state index in [9.17, 15) is 9.59 Å². The molecule has 1 unspecified atom stereocenters. The summed E-state index contributed by atoms with van der Waals surface area (Å²) < 4.78 is 0.763. The second-order valence-corrected chi connectivity index (χ2v) is 7.05. The number of nitrogens with two attached hydrogens (primary N) is 1. The number of nitrogens with zero attached hydrogens (tertiary/aromatic N) is 2. The molecular formula is C13H14N4O2S2. The molecule has 1 heterocycles. The summed E-state index contributed by atoms with van der Waals surface area (Å²) in [5.41, 5.74) is 6.18. The van der Waals surface area contributed by atoms with Gasteiger partial charge in [-0.15, -0.1) is 10.2 Å². The smallest absolute Gasteiger partial charge is 0.248 e. The lowest BCUT2D eigenvalue weighted by Gasteiger charge is -2.10. The number of primary amides is 1. The van der Waals surface area contributed by atoms with Crippen molar-refractivity contribution in [2.45, 2.75) is 23.4 Å². The molecule has 2 amide bonds. The molecule has 21 heavy (non-hydrogen) atoms. The SMILES string of the molecule is Cc1nnc(SC(C)C(=O)Nc2ccc(C(N)=O)cc2)s1. The summed E-state index contributed by atoms with van der Waals surface area (Å²) in [7, 11) is 0. The lowest BCUT2D eigenvalue weighted by molar-refractivity contribution is -0.115. The van der Waals surface area contributed by atoms with E-state index in [1.807, 2.05) is 6.92 Å². The molecule has 6 nitrogen and oxygen atoms in total. The van der Waals surface area contributed by atoms with Crippen molar-refractivity contribution in [2.24, 2.45) is 5.73 Å². The number of aromatic nitrogens is 2. The standard InChI is InChI=1S/C13H14N4O2S2/c1-7(20-13-17-16-8(2)21-13)12(19)15-10-5-3-9(4-6-10)11(14)18/h3-7H,1-2H3,(H2,14,18)(H,15,19). The van der Waals surface area contributed by atoms with Crippen LogP contribution in [0.5, 0.6) is 0 Å². The molecule has 1 aromatic heterocycles. The van der Waals surface area contributed by atoms with Crippen molar-refractivity contribution in [3.63, 3.8) is 0 Å². The van der Waals surface area contributed by atoms with Crippen LogP contribution in [0.15, 0.2) is 28.6 Å². The van der Waals surface area contributed by atoms with Gasteiger partial charge in [-0.25, -0.2) is 0 Å². The number of thioether (sulfide) groups is 1. The fourth-order valence-electron chi connectivity index (χ4n) is 1.49. The van der Waals surface area contributed by atoms with Crippen LogP contribution in [0.1, 0.15) is 22.3 Å². The second-order valence-electron chi connectivity index (χ2n) is 4.28. The third-order valence-corrected chi connectivity index (χ3v) is 4.61. The molecule has 0 bridgehead atoms. The molecule has 110 valence electrons. The zero-order valence-electron chi connectivity index (χ0n) is 11.5. The van der Waals surface area contributed by atoms with Gasteiger partial charge in [0.15, 0.2) is 4.34 Å². The average molecular weight is 322 g/mol. The molecule has 1 atom stereocenters. The number of rotatable bonds is 5. The molecule has 2 aromatic rings. The number of amides is 2. The van der Waals surface area contributed by atoms with Crippen molar-refractivity contribution in [2.75, 3.05) is 5.32 Å². The van der Waals surface area contributed by atoms with Gasteiger partial charge < -0.3 is 11.1 Å². The highest BCUT2D eigenvalue weighted by Gasteiger charge is 2.16. The van der Waals surface area contributed by atoms with Gasteiger partial charge >= 0.3 is 0 Å². The molecule has 0 saturated carbocycles. The maximum absolute atomic E-state index is 12.1. The van der Waals surface area contributed by atoms with E-state index in [4.69, 9.17) is 5.73 Å². The highest BCUT2D eigenvalue weighted by Crippen LogP contribution is 2.26. The Bertz CT molecular complexity index is 654. The first kappa shape index (κ1) is 15.5. The highest BCUT2D eigenvalue weighted by molar-refractivity contribution is 8.02. The van der Waals surface area contributed by atoms with Crippen LogP contribution in [0.2, 0.25) is 0 Å². The van der Waals surface area contributed by atoms with Gasteiger partial charge in [-0.05, 0) is 38.1 Å². The van der Waals surface area contributed by atoms with Crippen LogP contribution in [0.3, 0.4) is 0 Å². The molecule has 0 aliphatic carbocycles. The number of hydrogen-bond donors (Lipinski definition) is 2. The minimum atomic E-state index is -0.497. The topological polar surface area (TPSA) is 98.0 Å². The van der Waals surface area contributed by atoms with Crippen molar-refractivity contribution in [1.29, 1.82) is 0 Å². The van der Waals surface area contributed by atoms with Gasteiger partial charge in [-0.1, -0.05) is 23.1 Å². The summed E-state index contributed by atoms with van der Waals surface area (Å²) in [5, 5.41) is 11.2. The van der Waals surface area contributed by atoms with Crippen LogP contribution in [-0.2, 0) is 4.79 Å². The van der Waals surface area contributed by atoms with E-state index in [0.717, 1.165) is 9.35 Å². The van der Waals surface area contributed by atoms with Crippen molar-refractivity contribution >= 4 is 40.6 Å². The minimum absolute atomic E-state index is 0.139. The number of hydrogen-bond acceptors (Lipinski definition) is 6. The summed E-state index contributed by atoms with van der Waals surface area (Å²) in [6.45, 7) is 3.67. The number of aryl methyl sites for hydroxylation is 1. The quantitative estimate of drug-likeness (QED) is 0.821. The predicted octanol–water partition coefficient (Wildman–Crippen LogP) is 2.06. The average Bonchev–Trinajstić information content (AvgIpc) is 2.84. The molecule has 1 aromatic carbocycles. The summed E-state index contributed by atoms with van der Waals surface area (Å²) in [6, 6.07) is 6.43. The first-order valence-electron chi connectivity index (χ1n) is 6.13. The fourth-order valence-corrected chi connectivity index (χ4v) is 3.45. The van der Waals surface area contributed by atoms with E-state index >= 15 is 0 Å². The van der Waals surface area contributed by atoms with Crippen LogP contribution in [0.25, 0.3) is 0 Å². The molecule has 0 radical (unpaired) electrons. The number of nitrogens with one attached hydrogen (secondary N) is 1. The summed E-state index contributed by atoms with van der Waals surface area (Å²) in [5.74, 6) is -0.636. The van der Waals surface area contributed by atoms with E-state index in [0.29, 0.717) is 11.3 Å². The van der Waals surface area contributed by atoms with E-state index in [2.05, 4.69) is 15.5 Å². The van der Waals surface area contributed by atoms with Gasteiger partial charge in [-0.2, -0.15) is 0 Å². The van der Waals surface area contributed by atoms with Gasteiger partial charge in [0.05, 0.1) is 5.25 Å². The fraction of sp³-hybridized carbons (Fsp3) is 0.231. The van der Waals surface area contributed by atoms with Gasteiger partial charge in [0.1, 0.15) is 5.01 Å². The Morgan fingerprint density at radius 2 is 1.95 bits per heavy atom. The van der Waals surface area contributed by atoms with Crippen LogP contribution < -0.4 is 11.1 Å². The Morgan fingerprint density at radius 1 is 1.29 bits per heavy atom. The lowest BCUT2D eigenvalue weighted by atomic mass is 10.2. The predicted molar refractivity (Wildman–Crippen MR) is 83.6 cm³/mol. The first-order chi connectivity index (χ1) is 9.95. The van der Waals surface area contributed by atoms with E-state index in [-0.39, 0.29) is 11.2 Å². The van der Waals surface area contributed by atoms with Crippen molar-refractivity contribution < 1.29 is 9.59 Å². The number of carbonyl (C=O) groups is 2. The molecule has 0 spiro atoms. The molecule has 3 N–H and O–H groups in total. The van der Waals surface area contributed by atoms with Gasteiger partial charge in [0.25, 0.3) is 0 Å². The normalized spacial score (nSPS) is 11.9. The number of benzene rings is 1. The Kier molecular flexibility index (Phi) is 4.92. The monoisotopic (exact) mass is 322 g/mol. The largest absolute Gasteiger partial charge is 0.366 e. The number of carbonyl (C=O) groups excluding carboxylic acids is 2. The molecule has 2 rings (SSSR count). The van der Waals surface area contributed by atoms with E-state index < -0.39 is 5.91 Å². The Morgan fingerprint density at radius 3 is 2.48 bits per heavy atom. The third kappa shape index (κ3) is 4.27. The Hall–Kier alpha value is -1.93. The molecule has 0 saturated heterocycles. The van der Waals surface area contributed by atoms with Gasteiger partial charge in [0, 0.05) is 11.3 Å². The maximum Gasteiger partial charge on any atom is 0.248 e. The second kappa shape index (κ2) is 6.68. The lowest BCUT2D eigenvalue weighted by Crippen LogP contribution is -2.22. The molecule has 0 fully saturated rings. The zero-order valence-corrected chi connectivity index (χ0v) is 13.1. The van der Waals surface area contributed by atoms with E-state index in [1.54, 1.807) is 31.2 Å². The molecule has 8 heteroatoms. The van der Waals surface area contributed by atoms with Gasteiger partial charge in [-0.3, -0.25) is 9.59 Å². The van der Waals surface area contributed by atoms with E-state index in [1.165, 1.54) is 23.1 Å². The van der Waals surface area contributed by atoms with Gasteiger partial charge in [0.2, 0.25) is 11.8 Å². The van der Waals surface area contributed by atoms with Crippen LogP contribution in [-0.4, -0.2) is 27.3 Å².